The van der Waals surface area contributed by atoms with E-state index in [9.17, 15) is 8.42 Å². The third-order valence-electron chi connectivity index (χ3n) is 2.61. The van der Waals surface area contributed by atoms with Gasteiger partial charge in [0.25, 0.3) is 0 Å². The summed E-state index contributed by atoms with van der Waals surface area (Å²) in [4.78, 5) is 0.334. The van der Waals surface area contributed by atoms with Gasteiger partial charge in [-0.2, -0.15) is 0 Å². The molecule has 0 aliphatic rings. The van der Waals surface area contributed by atoms with Crippen molar-refractivity contribution in [2.24, 2.45) is 0 Å². The van der Waals surface area contributed by atoms with Gasteiger partial charge in [0.2, 0.25) is 0 Å². The number of benzene rings is 2. The summed E-state index contributed by atoms with van der Waals surface area (Å²) in [6, 6.07) is 16.8. The molecule has 0 aliphatic heterocycles. The van der Waals surface area contributed by atoms with Gasteiger partial charge in [0.1, 0.15) is 0 Å². The lowest BCUT2D eigenvalue weighted by Crippen LogP contribution is -2.05. The Labute approximate surface area is 107 Å². The zero-order valence-corrected chi connectivity index (χ0v) is 10.9. The van der Waals surface area contributed by atoms with Crippen LogP contribution in [0.1, 0.15) is 5.56 Å². The molecule has 2 aromatic rings. The Morgan fingerprint density at radius 3 is 2.22 bits per heavy atom. The monoisotopic (exact) mass is 261 g/mol. The van der Waals surface area contributed by atoms with Crippen LogP contribution in [0.15, 0.2) is 59.5 Å². The van der Waals surface area contributed by atoms with E-state index in [1.165, 1.54) is 6.26 Å². The van der Waals surface area contributed by atoms with Crippen LogP contribution in [0.5, 0.6) is 0 Å². The predicted molar refractivity (Wildman–Crippen MR) is 73.3 cm³/mol. The molecule has 2 rings (SSSR count). The first-order valence-corrected chi connectivity index (χ1v) is 7.53. The molecular weight excluding hydrogens is 246 g/mol. The van der Waals surface area contributed by atoms with Gasteiger partial charge in [0.05, 0.1) is 10.6 Å². The topological polar surface area (TPSA) is 46.2 Å². The SMILES string of the molecule is CS(=O)(=O)c1ccccc1NCc1ccccc1. The van der Waals surface area contributed by atoms with Gasteiger partial charge >= 0.3 is 0 Å². The highest BCUT2D eigenvalue weighted by molar-refractivity contribution is 7.90. The quantitative estimate of drug-likeness (QED) is 0.920. The maximum Gasteiger partial charge on any atom is 0.177 e. The van der Waals surface area contributed by atoms with Crippen molar-refractivity contribution in [3.05, 3.63) is 60.2 Å². The number of anilines is 1. The fourth-order valence-corrected chi connectivity index (χ4v) is 2.59. The van der Waals surface area contributed by atoms with Crippen molar-refractivity contribution in [3.63, 3.8) is 0 Å². The van der Waals surface area contributed by atoms with Crippen molar-refractivity contribution in [1.29, 1.82) is 0 Å². The van der Waals surface area contributed by atoms with Crippen molar-refractivity contribution < 1.29 is 8.42 Å². The molecule has 1 N–H and O–H groups in total. The summed E-state index contributed by atoms with van der Waals surface area (Å²) in [6.07, 6.45) is 1.22. The molecule has 0 saturated carbocycles. The van der Waals surface area contributed by atoms with Gasteiger partial charge in [-0.25, -0.2) is 8.42 Å². The van der Waals surface area contributed by atoms with Crippen LogP contribution in [-0.2, 0) is 16.4 Å². The van der Waals surface area contributed by atoms with Crippen LogP contribution in [0.3, 0.4) is 0 Å². The van der Waals surface area contributed by atoms with E-state index in [0.29, 0.717) is 17.1 Å². The minimum atomic E-state index is -3.20. The van der Waals surface area contributed by atoms with Crippen LogP contribution in [0.4, 0.5) is 5.69 Å². The summed E-state index contributed by atoms with van der Waals surface area (Å²) in [5.74, 6) is 0. The molecule has 0 bridgehead atoms. The van der Waals surface area contributed by atoms with Gasteiger partial charge in [-0.15, -0.1) is 0 Å². The summed E-state index contributed by atoms with van der Waals surface area (Å²) in [5, 5.41) is 3.16. The lowest BCUT2D eigenvalue weighted by molar-refractivity contribution is 0.602. The summed E-state index contributed by atoms with van der Waals surface area (Å²) in [7, 11) is -3.20. The molecule has 0 unspecified atom stereocenters. The van der Waals surface area contributed by atoms with Gasteiger partial charge in [-0.05, 0) is 17.7 Å². The van der Waals surface area contributed by atoms with E-state index in [-0.39, 0.29) is 0 Å². The number of rotatable bonds is 4. The molecule has 18 heavy (non-hydrogen) atoms. The Morgan fingerprint density at radius 1 is 0.944 bits per heavy atom. The number of para-hydroxylation sites is 1. The largest absolute Gasteiger partial charge is 0.380 e. The van der Waals surface area contributed by atoms with Crippen LogP contribution >= 0.6 is 0 Å². The molecular formula is C14H15NO2S. The molecule has 0 aliphatic carbocycles. The summed E-state index contributed by atoms with van der Waals surface area (Å²) in [6.45, 7) is 0.605. The minimum absolute atomic E-state index is 0.334. The average Bonchev–Trinajstić information content (AvgIpc) is 2.37. The molecule has 94 valence electrons. The molecule has 0 heterocycles. The molecule has 0 atom stereocenters. The van der Waals surface area contributed by atoms with Crippen LogP contribution in [-0.4, -0.2) is 14.7 Å². The van der Waals surface area contributed by atoms with Gasteiger partial charge in [-0.1, -0.05) is 42.5 Å². The smallest absolute Gasteiger partial charge is 0.177 e. The summed E-state index contributed by atoms with van der Waals surface area (Å²) >= 11 is 0. The molecule has 3 nitrogen and oxygen atoms in total. The molecule has 0 fully saturated rings. The number of sulfone groups is 1. The fourth-order valence-electron chi connectivity index (χ4n) is 1.73. The molecule has 0 amide bonds. The minimum Gasteiger partial charge on any atom is -0.380 e. The summed E-state index contributed by atoms with van der Waals surface area (Å²) in [5.41, 5.74) is 1.75. The van der Waals surface area contributed by atoms with Crippen LogP contribution in [0.25, 0.3) is 0 Å². The van der Waals surface area contributed by atoms with E-state index < -0.39 is 9.84 Å². The average molecular weight is 261 g/mol. The number of hydrogen-bond donors (Lipinski definition) is 1. The lowest BCUT2D eigenvalue weighted by Gasteiger charge is -2.10. The molecule has 0 aromatic heterocycles. The molecule has 4 heteroatoms. The van der Waals surface area contributed by atoms with Gasteiger partial charge < -0.3 is 5.32 Å². The van der Waals surface area contributed by atoms with Crippen molar-refractivity contribution in [2.45, 2.75) is 11.4 Å². The molecule has 0 spiro atoms. The van der Waals surface area contributed by atoms with E-state index in [1.807, 2.05) is 36.4 Å². The fraction of sp³-hybridized carbons (Fsp3) is 0.143. The Bertz CT molecular complexity index is 621. The first kappa shape index (κ1) is 12.6. The van der Waals surface area contributed by atoms with Gasteiger partial charge in [0, 0.05) is 12.8 Å². The van der Waals surface area contributed by atoms with E-state index in [4.69, 9.17) is 0 Å². The van der Waals surface area contributed by atoms with Crippen molar-refractivity contribution in [1.82, 2.24) is 0 Å². The Morgan fingerprint density at radius 2 is 1.56 bits per heavy atom. The normalized spacial score (nSPS) is 11.2. The number of nitrogens with one attached hydrogen (secondary N) is 1. The van der Waals surface area contributed by atoms with E-state index in [0.717, 1.165) is 5.56 Å². The molecule has 0 radical (unpaired) electrons. The zero-order valence-electron chi connectivity index (χ0n) is 10.1. The molecule has 0 saturated heterocycles. The van der Waals surface area contributed by atoms with E-state index in [1.54, 1.807) is 18.2 Å². The highest BCUT2D eigenvalue weighted by Crippen LogP contribution is 2.21. The highest BCUT2D eigenvalue weighted by atomic mass is 32.2. The van der Waals surface area contributed by atoms with Crippen LogP contribution < -0.4 is 5.32 Å². The Kier molecular flexibility index (Phi) is 3.67. The third-order valence-corrected chi connectivity index (χ3v) is 3.77. The first-order chi connectivity index (χ1) is 8.57. The lowest BCUT2D eigenvalue weighted by atomic mass is 10.2. The standard InChI is InChI=1S/C14H15NO2S/c1-18(16,17)14-10-6-5-9-13(14)15-11-12-7-3-2-4-8-12/h2-10,15H,11H2,1H3. The van der Waals surface area contributed by atoms with Crippen molar-refractivity contribution in [3.8, 4) is 0 Å². The van der Waals surface area contributed by atoms with Gasteiger partial charge in [0.15, 0.2) is 9.84 Å². The second-order valence-corrected chi connectivity index (χ2v) is 6.09. The van der Waals surface area contributed by atoms with Crippen LogP contribution in [0.2, 0.25) is 0 Å². The van der Waals surface area contributed by atoms with Crippen molar-refractivity contribution >= 4 is 15.5 Å². The Balaban J connectivity index is 2.20. The van der Waals surface area contributed by atoms with E-state index >= 15 is 0 Å². The maximum absolute atomic E-state index is 11.6. The van der Waals surface area contributed by atoms with Gasteiger partial charge in [-0.3, -0.25) is 0 Å². The third kappa shape index (κ3) is 3.11. The maximum atomic E-state index is 11.6. The molecule has 2 aromatic carbocycles. The highest BCUT2D eigenvalue weighted by Gasteiger charge is 2.11. The van der Waals surface area contributed by atoms with Crippen LogP contribution in [0, 0.1) is 0 Å². The second kappa shape index (κ2) is 5.23. The van der Waals surface area contributed by atoms with E-state index in [2.05, 4.69) is 5.32 Å². The Hall–Kier alpha value is -1.81. The second-order valence-electron chi connectivity index (χ2n) is 4.11. The number of hydrogen-bond acceptors (Lipinski definition) is 3. The zero-order chi connectivity index (χ0) is 13.0. The predicted octanol–water partition coefficient (Wildman–Crippen LogP) is 2.70. The van der Waals surface area contributed by atoms with Crippen molar-refractivity contribution in [2.75, 3.05) is 11.6 Å². The first-order valence-electron chi connectivity index (χ1n) is 5.64. The summed E-state index contributed by atoms with van der Waals surface area (Å²) < 4.78 is 23.3.